The van der Waals surface area contributed by atoms with Crippen molar-refractivity contribution >= 4 is 5.97 Å². The number of nitrogens with zero attached hydrogens (tertiary/aromatic N) is 2. The molecule has 0 aliphatic heterocycles. The predicted octanol–water partition coefficient (Wildman–Crippen LogP) is 1.38. The van der Waals surface area contributed by atoms with Gasteiger partial charge >= 0.3 is 5.97 Å². The number of alkyl halides is 2. The van der Waals surface area contributed by atoms with Gasteiger partial charge < -0.3 is 9.30 Å². The molecule has 0 saturated carbocycles. The molecular weight excluding hydrogens is 194 g/mol. The fourth-order valence-electron chi connectivity index (χ4n) is 0.932. The molecule has 0 aliphatic rings. The van der Waals surface area contributed by atoms with Crippen LogP contribution in [0.4, 0.5) is 8.78 Å². The van der Waals surface area contributed by atoms with Crippen molar-refractivity contribution < 1.29 is 18.3 Å². The summed E-state index contributed by atoms with van der Waals surface area (Å²) in [7, 11) is 0. The molecule has 78 valence electrons. The van der Waals surface area contributed by atoms with Crippen molar-refractivity contribution in [2.45, 2.75) is 19.9 Å². The van der Waals surface area contributed by atoms with Crippen molar-refractivity contribution in [3.05, 3.63) is 18.2 Å². The summed E-state index contributed by atoms with van der Waals surface area (Å²) in [4.78, 5) is 14.4. The summed E-state index contributed by atoms with van der Waals surface area (Å²) in [6.07, 6.45) is -0.307. The number of halogens is 2. The topological polar surface area (TPSA) is 44.1 Å². The number of esters is 1. The van der Waals surface area contributed by atoms with E-state index >= 15 is 0 Å². The highest BCUT2D eigenvalue weighted by atomic mass is 19.3. The zero-order valence-electron chi connectivity index (χ0n) is 7.61. The van der Waals surface area contributed by atoms with Crippen molar-refractivity contribution in [1.29, 1.82) is 0 Å². The van der Waals surface area contributed by atoms with Crippen LogP contribution in [0, 0.1) is 0 Å². The Bertz CT molecular complexity index is 312. The Morgan fingerprint density at radius 3 is 2.93 bits per heavy atom. The summed E-state index contributed by atoms with van der Waals surface area (Å²) in [5.74, 6) is -0.467. The van der Waals surface area contributed by atoms with Gasteiger partial charge in [-0.2, -0.15) is 0 Å². The lowest BCUT2D eigenvalue weighted by Crippen LogP contribution is -2.11. The monoisotopic (exact) mass is 204 g/mol. The largest absolute Gasteiger partial charge is 0.465 e. The number of carbonyl (C=O) groups excluding carboxylic acids is 1. The van der Waals surface area contributed by atoms with Crippen molar-refractivity contribution in [2.75, 3.05) is 6.61 Å². The van der Waals surface area contributed by atoms with Gasteiger partial charge in [0.2, 0.25) is 0 Å². The van der Waals surface area contributed by atoms with Crippen LogP contribution in [0.2, 0.25) is 0 Å². The van der Waals surface area contributed by atoms with E-state index in [1.54, 1.807) is 6.92 Å². The third-order valence-electron chi connectivity index (χ3n) is 1.49. The maximum absolute atomic E-state index is 12.1. The Balaban J connectivity index is 2.55. The van der Waals surface area contributed by atoms with Crippen molar-refractivity contribution in [3.8, 4) is 0 Å². The molecule has 14 heavy (non-hydrogen) atoms. The molecule has 0 bridgehead atoms. The zero-order chi connectivity index (χ0) is 10.6. The van der Waals surface area contributed by atoms with Crippen LogP contribution in [0.5, 0.6) is 0 Å². The summed E-state index contributed by atoms with van der Waals surface area (Å²) in [6.45, 7) is 1.86. The Morgan fingerprint density at radius 2 is 2.43 bits per heavy atom. The smallest absolute Gasteiger partial charge is 0.325 e. The molecule has 0 saturated heterocycles. The number of hydrogen-bond donors (Lipinski definition) is 0. The summed E-state index contributed by atoms with van der Waals surface area (Å²) < 4.78 is 30.1. The molecular formula is C8H10F2N2O2. The first kappa shape index (κ1) is 10.6. The van der Waals surface area contributed by atoms with Crippen molar-refractivity contribution in [2.24, 2.45) is 0 Å². The summed E-state index contributed by atoms with van der Waals surface area (Å²) in [5.41, 5.74) is -0.339. The summed E-state index contributed by atoms with van der Waals surface area (Å²) >= 11 is 0. The van der Waals surface area contributed by atoms with Gasteiger partial charge in [0.25, 0.3) is 6.43 Å². The highest BCUT2D eigenvalue weighted by molar-refractivity contribution is 5.69. The van der Waals surface area contributed by atoms with Gasteiger partial charge in [-0.25, -0.2) is 13.8 Å². The lowest BCUT2D eigenvalue weighted by Gasteiger charge is -2.01. The average Bonchev–Trinajstić information content (AvgIpc) is 2.53. The van der Waals surface area contributed by atoms with Gasteiger partial charge in [-0.3, -0.25) is 4.79 Å². The number of aromatic nitrogens is 2. The molecule has 0 N–H and O–H groups in total. The molecule has 0 spiro atoms. The molecule has 0 amide bonds. The van der Waals surface area contributed by atoms with Crippen LogP contribution in [0.3, 0.4) is 0 Å². The first-order valence-electron chi connectivity index (χ1n) is 4.09. The fourth-order valence-corrected chi connectivity index (χ4v) is 0.932. The minimum absolute atomic E-state index is 0.0897. The molecule has 0 aliphatic carbocycles. The van der Waals surface area contributed by atoms with Crippen molar-refractivity contribution in [3.63, 3.8) is 0 Å². The first-order valence-corrected chi connectivity index (χ1v) is 4.09. The highest BCUT2D eigenvalue weighted by Gasteiger charge is 2.11. The number of rotatable bonds is 4. The quantitative estimate of drug-likeness (QED) is 0.696. The molecule has 0 atom stereocenters. The van der Waals surface area contributed by atoms with Gasteiger partial charge in [0, 0.05) is 6.20 Å². The van der Waals surface area contributed by atoms with E-state index in [0.717, 1.165) is 6.20 Å². The molecule has 1 rings (SSSR count). The van der Waals surface area contributed by atoms with E-state index in [1.165, 1.54) is 10.9 Å². The Morgan fingerprint density at radius 1 is 1.71 bits per heavy atom. The van der Waals surface area contributed by atoms with Gasteiger partial charge in [0.05, 0.1) is 12.9 Å². The molecule has 1 aromatic rings. The molecule has 0 unspecified atom stereocenters. The van der Waals surface area contributed by atoms with E-state index in [2.05, 4.69) is 9.72 Å². The minimum atomic E-state index is -2.61. The second-order valence-electron chi connectivity index (χ2n) is 2.58. The molecule has 0 radical (unpaired) electrons. The number of hydrogen-bond acceptors (Lipinski definition) is 3. The third kappa shape index (κ3) is 2.79. The lowest BCUT2D eigenvalue weighted by molar-refractivity contribution is -0.143. The SMILES string of the molecule is CCOC(=O)Cn1cnc(C(F)F)c1. The zero-order valence-corrected chi connectivity index (χ0v) is 7.61. The van der Waals surface area contributed by atoms with E-state index in [-0.39, 0.29) is 18.8 Å². The maximum atomic E-state index is 12.1. The van der Waals surface area contributed by atoms with Gasteiger partial charge in [-0.05, 0) is 6.92 Å². The number of ether oxygens (including phenoxy) is 1. The fraction of sp³-hybridized carbons (Fsp3) is 0.500. The van der Waals surface area contributed by atoms with Crippen molar-refractivity contribution in [1.82, 2.24) is 9.55 Å². The maximum Gasteiger partial charge on any atom is 0.325 e. The Labute approximate surface area is 79.5 Å². The van der Waals surface area contributed by atoms with Gasteiger partial charge in [-0.15, -0.1) is 0 Å². The molecule has 1 aromatic heterocycles. The number of imidazole rings is 1. The number of carbonyl (C=O) groups is 1. The molecule has 0 fully saturated rings. The Hall–Kier alpha value is -1.46. The van der Waals surface area contributed by atoms with Crippen LogP contribution in [-0.4, -0.2) is 22.1 Å². The normalized spacial score (nSPS) is 10.6. The molecule has 4 nitrogen and oxygen atoms in total. The van der Waals surface area contributed by atoms with E-state index in [0.29, 0.717) is 0 Å². The molecule has 0 aromatic carbocycles. The van der Waals surface area contributed by atoms with Crippen LogP contribution >= 0.6 is 0 Å². The lowest BCUT2D eigenvalue weighted by atomic mass is 10.5. The second-order valence-corrected chi connectivity index (χ2v) is 2.58. The van der Waals surface area contributed by atoms with E-state index in [9.17, 15) is 13.6 Å². The van der Waals surface area contributed by atoms with E-state index in [4.69, 9.17) is 0 Å². The summed E-state index contributed by atoms with van der Waals surface area (Å²) in [5, 5.41) is 0. The van der Waals surface area contributed by atoms with Crippen LogP contribution in [0.1, 0.15) is 19.0 Å². The van der Waals surface area contributed by atoms with Crippen LogP contribution < -0.4 is 0 Å². The van der Waals surface area contributed by atoms with Gasteiger partial charge in [0.15, 0.2) is 0 Å². The second kappa shape index (κ2) is 4.69. The van der Waals surface area contributed by atoms with Gasteiger partial charge in [0.1, 0.15) is 12.2 Å². The molecule has 6 heteroatoms. The van der Waals surface area contributed by atoms with Crippen LogP contribution in [0.15, 0.2) is 12.5 Å². The summed E-state index contributed by atoms with van der Waals surface area (Å²) in [6, 6.07) is 0. The molecule has 1 heterocycles. The predicted molar refractivity (Wildman–Crippen MR) is 43.8 cm³/mol. The standard InChI is InChI=1S/C8H10F2N2O2/c1-2-14-7(13)4-12-3-6(8(9)10)11-5-12/h3,5,8H,2,4H2,1H3. The highest BCUT2D eigenvalue weighted by Crippen LogP contribution is 2.15. The van der Waals surface area contributed by atoms with Crippen LogP contribution in [0.25, 0.3) is 0 Å². The van der Waals surface area contributed by atoms with E-state index in [1.807, 2.05) is 0 Å². The van der Waals surface area contributed by atoms with Gasteiger partial charge in [-0.1, -0.05) is 0 Å². The Kier molecular flexibility index (Phi) is 3.55. The minimum Gasteiger partial charge on any atom is -0.465 e. The third-order valence-corrected chi connectivity index (χ3v) is 1.49. The first-order chi connectivity index (χ1) is 6.63. The van der Waals surface area contributed by atoms with E-state index < -0.39 is 12.4 Å². The average molecular weight is 204 g/mol. The van der Waals surface area contributed by atoms with Crippen LogP contribution in [-0.2, 0) is 16.1 Å².